The van der Waals surface area contributed by atoms with Gasteiger partial charge in [0.15, 0.2) is 0 Å². The number of benzene rings is 2. The predicted octanol–water partition coefficient (Wildman–Crippen LogP) is 3.97. The zero-order valence-electron chi connectivity index (χ0n) is 17.0. The Morgan fingerprint density at radius 2 is 1.77 bits per heavy atom. The third kappa shape index (κ3) is 3.68. The molecule has 0 amide bonds. The van der Waals surface area contributed by atoms with Gasteiger partial charge in [0.2, 0.25) is 0 Å². The van der Waals surface area contributed by atoms with E-state index in [-0.39, 0.29) is 5.69 Å². The van der Waals surface area contributed by atoms with Gasteiger partial charge in [-0.15, -0.1) is 5.10 Å². The first kappa shape index (κ1) is 20.1. The van der Waals surface area contributed by atoms with E-state index in [1.54, 1.807) is 20.1 Å². The van der Waals surface area contributed by atoms with E-state index in [0.29, 0.717) is 18.2 Å². The second-order valence-corrected chi connectivity index (χ2v) is 7.43. The Balaban J connectivity index is 1.66. The van der Waals surface area contributed by atoms with Gasteiger partial charge in [0.1, 0.15) is 11.5 Å². The average molecular weight is 423 g/mol. The molecule has 4 rings (SSSR count). The zero-order chi connectivity index (χ0) is 21.1. The van der Waals surface area contributed by atoms with E-state index in [9.17, 15) is 4.79 Å². The number of aromatic nitrogens is 6. The minimum absolute atomic E-state index is 0.0564. The standard InChI is InChI=1S/C22H23ClN6O/c1-3-7-20-21(23)27(4-2)22(30)28(20)14-16-10-12-17(13-11-16)18-8-5-6-9-19(18)29-15-24-25-26-29/h5-6,8-13,15H,3-4,7,14H2,1-2H3. The van der Waals surface area contributed by atoms with Gasteiger partial charge in [-0.25, -0.2) is 4.79 Å². The molecule has 0 fully saturated rings. The number of hydrogen-bond donors (Lipinski definition) is 0. The molecule has 0 saturated heterocycles. The molecule has 0 atom stereocenters. The van der Waals surface area contributed by atoms with Crippen LogP contribution in [-0.2, 0) is 19.5 Å². The molecule has 2 heterocycles. The molecule has 30 heavy (non-hydrogen) atoms. The van der Waals surface area contributed by atoms with Crippen LogP contribution in [0, 0.1) is 0 Å². The van der Waals surface area contributed by atoms with Crippen LogP contribution in [0.3, 0.4) is 0 Å². The van der Waals surface area contributed by atoms with Crippen molar-refractivity contribution in [2.45, 2.75) is 39.8 Å². The van der Waals surface area contributed by atoms with Gasteiger partial charge in [-0.1, -0.05) is 67.4 Å². The Hall–Kier alpha value is -3.19. The minimum atomic E-state index is -0.0564. The number of para-hydroxylation sites is 1. The topological polar surface area (TPSA) is 70.5 Å². The van der Waals surface area contributed by atoms with E-state index < -0.39 is 0 Å². The van der Waals surface area contributed by atoms with E-state index >= 15 is 0 Å². The lowest BCUT2D eigenvalue weighted by Crippen LogP contribution is -2.25. The summed E-state index contributed by atoms with van der Waals surface area (Å²) < 4.78 is 5.07. The van der Waals surface area contributed by atoms with Crippen LogP contribution < -0.4 is 5.69 Å². The van der Waals surface area contributed by atoms with Crippen LogP contribution in [0.4, 0.5) is 0 Å². The summed E-state index contributed by atoms with van der Waals surface area (Å²) in [5.74, 6) is 0. The fourth-order valence-corrected chi connectivity index (χ4v) is 4.07. The van der Waals surface area contributed by atoms with E-state index in [4.69, 9.17) is 11.6 Å². The van der Waals surface area contributed by atoms with Crippen LogP contribution in [0.2, 0.25) is 5.15 Å². The van der Waals surface area contributed by atoms with E-state index in [2.05, 4.69) is 34.6 Å². The van der Waals surface area contributed by atoms with Crippen molar-refractivity contribution >= 4 is 11.6 Å². The van der Waals surface area contributed by atoms with Crippen molar-refractivity contribution in [1.82, 2.24) is 29.3 Å². The molecule has 7 nitrogen and oxygen atoms in total. The van der Waals surface area contributed by atoms with E-state index in [1.807, 2.05) is 43.3 Å². The Labute approximate surface area is 179 Å². The Bertz CT molecular complexity index is 1190. The minimum Gasteiger partial charge on any atom is -0.290 e. The molecule has 0 radical (unpaired) electrons. The summed E-state index contributed by atoms with van der Waals surface area (Å²) in [6, 6.07) is 16.2. The van der Waals surface area contributed by atoms with Crippen molar-refractivity contribution < 1.29 is 0 Å². The second kappa shape index (κ2) is 8.67. The predicted molar refractivity (Wildman–Crippen MR) is 117 cm³/mol. The molecule has 2 aromatic heterocycles. The lowest BCUT2D eigenvalue weighted by Gasteiger charge is -2.11. The molecule has 8 heteroatoms. The first-order valence-electron chi connectivity index (χ1n) is 10.0. The molecule has 4 aromatic rings. The highest BCUT2D eigenvalue weighted by Gasteiger charge is 2.17. The van der Waals surface area contributed by atoms with E-state index in [1.165, 1.54) is 0 Å². The summed E-state index contributed by atoms with van der Waals surface area (Å²) in [5, 5.41) is 12.0. The van der Waals surface area contributed by atoms with Crippen molar-refractivity contribution in [3.63, 3.8) is 0 Å². The lowest BCUT2D eigenvalue weighted by atomic mass is 10.0. The monoisotopic (exact) mass is 422 g/mol. The Morgan fingerprint density at radius 3 is 2.43 bits per heavy atom. The molecule has 0 aliphatic heterocycles. The number of hydrogen-bond acceptors (Lipinski definition) is 4. The van der Waals surface area contributed by atoms with E-state index in [0.717, 1.165) is 40.9 Å². The molecule has 0 N–H and O–H groups in total. The van der Waals surface area contributed by atoms with Gasteiger partial charge in [0.05, 0.1) is 17.9 Å². The van der Waals surface area contributed by atoms with Crippen LogP contribution in [0.5, 0.6) is 0 Å². The summed E-state index contributed by atoms with van der Waals surface area (Å²) in [5.41, 5.74) is 4.88. The number of rotatable bonds is 7. The van der Waals surface area contributed by atoms with Crippen LogP contribution >= 0.6 is 11.6 Å². The molecular weight excluding hydrogens is 400 g/mol. The van der Waals surface area contributed by atoms with Gasteiger partial charge in [0.25, 0.3) is 0 Å². The highest BCUT2D eigenvalue weighted by Crippen LogP contribution is 2.26. The molecule has 0 unspecified atom stereocenters. The van der Waals surface area contributed by atoms with Crippen LogP contribution in [-0.4, -0.2) is 29.3 Å². The smallest absolute Gasteiger partial charge is 0.290 e. The molecule has 0 bridgehead atoms. The van der Waals surface area contributed by atoms with Gasteiger partial charge >= 0.3 is 5.69 Å². The lowest BCUT2D eigenvalue weighted by molar-refractivity contribution is 0.653. The second-order valence-electron chi connectivity index (χ2n) is 7.07. The molecule has 154 valence electrons. The van der Waals surface area contributed by atoms with Crippen molar-refractivity contribution in [2.75, 3.05) is 0 Å². The van der Waals surface area contributed by atoms with Crippen molar-refractivity contribution in [3.8, 4) is 16.8 Å². The Morgan fingerprint density at radius 1 is 1.00 bits per heavy atom. The summed E-state index contributed by atoms with van der Waals surface area (Å²) in [6.07, 6.45) is 3.29. The van der Waals surface area contributed by atoms with Gasteiger partial charge < -0.3 is 0 Å². The quantitative estimate of drug-likeness (QED) is 0.452. The SMILES string of the molecule is CCCc1c(Cl)n(CC)c(=O)n1Cc1ccc(-c2ccccc2-n2cnnn2)cc1. The maximum atomic E-state index is 12.8. The summed E-state index contributed by atoms with van der Waals surface area (Å²) in [6.45, 7) is 5.08. The number of nitrogens with zero attached hydrogens (tertiary/aromatic N) is 6. The third-order valence-electron chi connectivity index (χ3n) is 5.17. The summed E-state index contributed by atoms with van der Waals surface area (Å²) >= 11 is 6.48. The van der Waals surface area contributed by atoms with Crippen LogP contribution in [0.25, 0.3) is 16.8 Å². The number of imidazole rings is 1. The fourth-order valence-electron chi connectivity index (χ4n) is 3.69. The molecule has 0 spiro atoms. The van der Waals surface area contributed by atoms with Gasteiger partial charge in [-0.2, -0.15) is 4.68 Å². The Kier molecular flexibility index (Phi) is 5.81. The summed E-state index contributed by atoms with van der Waals surface area (Å²) in [4.78, 5) is 12.8. The van der Waals surface area contributed by atoms with Crippen molar-refractivity contribution in [2.24, 2.45) is 0 Å². The van der Waals surface area contributed by atoms with Gasteiger partial charge in [-0.05, 0) is 41.0 Å². The van der Waals surface area contributed by atoms with Crippen molar-refractivity contribution in [1.29, 1.82) is 0 Å². The third-order valence-corrected chi connectivity index (χ3v) is 5.59. The first-order valence-corrected chi connectivity index (χ1v) is 10.4. The summed E-state index contributed by atoms with van der Waals surface area (Å²) in [7, 11) is 0. The molecule has 2 aromatic carbocycles. The van der Waals surface area contributed by atoms with Crippen LogP contribution in [0.1, 0.15) is 31.5 Å². The first-order chi connectivity index (χ1) is 14.6. The van der Waals surface area contributed by atoms with Gasteiger partial charge in [0, 0.05) is 12.1 Å². The van der Waals surface area contributed by atoms with Gasteiger partial charge in [-0.3, -0.25) is 9.13 Å². The largest absolute Gasteiger partial charge is 0.329 e. The maximum absolute atomic E-state index is 12.8. The normalized spacial score (nSPS) is 11.2. The maximum Gasteiger partial charge on any atom is 0.329 e. The fraction of sp³-hybridized carbons (Fsp3) is 0.273. The number of halogens is 1. The van der Waals surface area contributed by atoms with Crippen molar-refractivity contribution in [3.05, 3.63) is 81.8 Å². The molecule has 0 aliphatic carbocycles. The zero-order valence-corrected chi connectivity index (χ0v) is 17.8. The average Bonchev–Trinajstić information content (AvgIpc) is 3.38. The molecule has 0 saturated carbocycles. The van der Waals surface area contributed by atoms with Crippen LogP contribution in [0.15, 0.2) is 59.7 Å². The highest BCUT2D eigenvalue weighted by atomic mass is 35.5. The molecule has 0 aliphatic rings. The molecular formula is C22H23ClN6O. The number of tetrazole rings is 1. The highest BCUT2D eigenvalue weighted by molar-refractivity contribution is 6.30.